The number of hydrogen-bond acceptors (Lipinski definition) is 2. The number of nitrogens with one attached hydrogen (secondary N) is 1. The summed E-state index contributed by atoms with van der Waals surface area (Å²) in [6.45, 7) is 5.41. The fraction of sp³-hybridized carbons (Fsp3) is 0.462. The molecule has 0 unspecified atom stereocenters. The summed E-state index contributed by atoms with van der Waals surface area (Å²) >= 11 is 0. The SMILES string of the molecule is Cc1ccc(NC(=O)CCC(C)(C)N)cc1F. The monoisotopic (exact) mass is 238 g/mol. The van der Waals surface area contributed by atoms with Gasteiger partial charge in [0.2, 0.25) is 5.91 Å². The van der Waals surface area contributed by atoms with Crippen molar-refractivity contribution in [3.05, 3.63) is 29.6 Å². The van der Waals surface area contributed by atoms with Crippen molar-refractivity contribution in [3.63, 3.8) is 0 Å². The molecule has 0 saturated heterocycles. The van der Waals surface area contributed by atoms with Crippen LogP contribution >= 0.6 is 0 Å². The van der Waals surface area contributed by atoms with E-state index >= 15 is 0 Å². The van der Waals surface area contributed by atoms with Crippen molar-refractivity contribution >= 4 is 11.6 Å². The molecule has 0 radical (unpaired) electrons. The molecular formula is C13H19FN2O. The first-order chi connectivity index (χ1) is 7.78. The summed E-state index contributed by atoms with van der Waals surface area (Å²) in [5, 5.41) is 2.65. The number of halogens is 1. The predicted molar refractivity (Wildman–Crippen MR) is 67.3 cm³/mol. The molecule has 0 aliphatic carbocycles. The summed E-state index contributed by atoms with van der Waals surface area (Å²) in [6, 6.07) is 4.64. The van der Waals surface area contributed by atoms with Gasteiger partial charge in [0.25, 0.3) is 0 Å². The van der Waals surface area contributed by atoms with Crippen LogP contribution in [0.3, 0.4) is 0 Å². The lowest BCUT2D eigenvalue weighted by atomic mass is 10.00. The molecular weight excluding hydrogens is 219 g/mol. The van der Waals surface area contributed by atoms with Crippen molar-refractivity contribution in [1.82, 2.24) is 0 Å². The Labute approximate surface area is 101 Å². The topological polar surface area (TPSA) is 55.1 Å². The van der Waals surface area contributed by atoms with Crippen LogP contribution in [0.25, 0.3) is 0 Å². The number of carbonyl (C=O) groups excluding carboxylic acids is 1. The van der Waals surface area contributed by atoms with Gasteiger partial charge in [0.15, 0.2) is 0 Å². The highest BCUT2D eigenvalue weighted by atomic mass is 19.1. The molecule has 0 heterocycles. The third-order valence-corrected chi connectivity index (χ3v) is 2.45. The summed E-state index contributed by atoms with van der Waals surface area (Å²) in [5.41, 5.74) is 6.46. The van der Waals surface area contributed by atoms with Crippen LogP contribution in [-0.2, 0) is 4.79 Å². The number of benzene rings is 1. The van der Waals surface area contributed by atoms with Gasteiger partial charge >= 0.3 is 0 Å². The molecule has 0 aromatic heterocycles. The van der Waals surface area contributed by atoms with Crippen LogP contribution in [0.1, 0.15) is 32.3 Å². The number of anilines is 1. The van der Waals surface area contributed by atoms with E-state index in [1.165, 1.54) is 6.07 Å². The molecule has 94 valence electrons. The Hall–Kier alpha value is -1.42. The summed E-state index contributed by atoms with van der Waals surface area (Å²) in [5.74, 6) is -0.464. The first-order valence-corrected chi connectivity index (χ1v) is 5.63. The van der Waals surface area contributed by atoms with E-state index in [1.807, 2.05) is 13.8 Å². The maximum absolute atomic E-state index is 13.2. The average molecular weight is 238 g/mol. The van der Waals surface area contributed by atoms with Gasteiger partial charge in [-0.25, -0.2) is 4.39 Å². The van der Waals surface area contributed by atoms with Gasteiger partial charge in [-0.1, -0.05) is 6.07 Å². The Bertz CT molecular complexity index is 410. The van der Waals surface area contributed by atoms with E-state index in [1.54, 1.807) is 19.1 Å². The quantitative estimate of drug-likeness (QED) is 0.847. The fourth-order valence-corrected chi connectivity index (χ4v) is 1.33. The highest BCUT2D eigenvalue weighted by molar-refractivity contribution is 5.90. The van der Waals surface area contributed by atoms with Crippen molar-refractivity contribution in [2.24, 2.45) is 5.73 Å². The molecule has 17 heavy (non-hydrogen) atoms. The second-order valence-electron chi connectivity index (χ2n) is 5.00. The minimum atomic E-state index is -0.365. The first kappa shape index (κ1) is 13.6. The van der Waals surface area contributed by atoms with Crippen LogP contribution in [0.5, 0.6) is 0 Å². The summed E-state index contributed by atoms with van der Waals surface area (Å²) in [7, 11) is 0. The largest absolute Gasteiger partial charge is 0.326 e. The molecule has 3 nitrogen and oxygen atoms in total. The number of nitrogens with two attached hydrogens (primary N) is 1. The Kier molecular flexibility index (Phi) is 4.23. The van der Waals surface area contributed by atoms with Crippen molar-refractivity contribution in [2.75, 3.05) is 5.32 Å². The Morgan fingerprint density at radius 3 is 2.65 bits per heavy atom. The van der Waals surface area contributed by atoms with E-state index in [4.69, 9.17) is 5.73 Å². The van der Waals surface area contributed by atoms with E-state index in [-0.39, 0.29) is 17.3 Å². The Morgan fingerprint density at radius 1 is 1.47 bits per heavy atom. The minimum absolute atomic E-state index is 0.147. The highest BCUT2D eigenvalue weighted by Gasteiger charge is 2.13. The van der Waals surface area contributed by atoms with Crippen LogP contribution in [0.4, 0.5) is 10.1 Å². The molecule has 0 saturated carbocycles. The van der Waals surface area contributed by atoms with Gasteiger partial charge in [-0.2, -0.15) is 0 Å². The van der Waals surface area contributed by atoms with Gasteiger partial charge in [0.1, 0.15) is 5.82 Å². The molecule has 0 bridgehead atoms. The van der Waals surface area contributed by atoms with Crippen LogP contribution in [-0.4, -0.2) is 11.4 Å². The van der Waals surface area contributed by atoms with Gasteiger partial charge in [-0.15, -0.1) is 0 Å². The van der Waals surface area contributed by atoms with E-state index in [0.717, 1.165) is 0 Å². The van der Waals surface area contributed by atoms with E-state index < -0.39 is 0 Å². The molecule has 1 aromatic carbocycles. The zero-order valence-electron chi connectivity index (χ0n) is 10.5. The summed E-state index contributed by atoms with van der Waals surface area (Å²) < 4.78 is 13.2. The summed E-state index contributed by atoms with van der Waals surface area (Å²) in [6.07, 6.45) is 0.923. The number of rotatable bonds is 4. The number of amides is 1. The third-order valence-electron chi connectivity index (χ3n) is 2.45. The van der Waals surface area contributed by atoms with Gasteiger partial charge < -0.3 is 11.1 Å². The zero-order valence-corrected chi connectivity index (χ0v) is 10.5. The molecule has 0 spiro atoms. The lowest BCUT2D eigenvalue weighted by Crippen LogP contribution is -2.33. The standard InChI is InChI=1S/C13H19FN2O/c1-9-4-5-10(8-11(9)14)16-12(17)6-7-13(2,3)15/h4-5,8H,6-7,15H2,1-3H3,(H,16,17). The minimum Gasteiger partial charge on any atom is -0.326 e. The van der Waals surface area contributed by atoms with Gasteiger partial charge in [0.05, 0.1) is 0 Å². The molecule has 1 aromatic rings. The lowest BCUT2D eigenvalue weighted by molar-refractivity contribution is -0.116. The normalized spacial score (nSPS) is 11.4. The fourth-order valence-electron chi connectivity index (χ4n) is 1.33. The van der Waals surface area contributed by atoms with Crippen molar-refractivity contribution < 1.29 is 9.18 Å². The molecule has 1 amide bonds. The molecule has 0 fully saturated rings. The van der Waals surface area contributed by atoms with Crippen molar-refractivity contribution in [2.45, 2.75) is 39.2 Å². The van der Waals surface area contributed by atoms with Crippen LogP contribution in [0, 0.1) is 12.7 Å². The van der Waals surface area contributed by atoms with Crippen LogP contribution in [0.15, 0.2) is 18.2 Å². The van der Waals surface area contributed by atoms with Gasteiger partial charge in [-0.3, -0.25) is 4.79 Å². The third kappa shape index (κ3) is 4.95. The maximum atomic E-state index is 13.2. The van der Waals surface area contributed by atoms with E-state index in [9.17, 15) is 9.18 Å². The second kappa shape index (κ2) is 5.27. The number of aryl methyl sites for hydroxylation is 1. The number of carbonyl (C=O) groups is 1. The number of hydrogen-bond donors (Lipinski definition) is 2. The van der Waals surface area contributed by atoms with E-state index in [0.29, 0.717) is 24.1 Å². The predicted octanol–water partition coefficient (Wildman–Crippen LogP) is 2.59. The smallest absolute Gasteiger partial charge is 0.224 e. The summed E-state index contributed by atoms with van der Waals surface area (Å²) in [4.78, 5) is 11.6. The molecule has 1 rings (SSSR count). The van der Waals surface area contributed by atoms with Crippen molar-refractivity contribution in [1.29, 1.82) is 0 Å². The molecule has 0 aliphatic heterocycles. The zero-order chi connectivity index (χ0) is 13.1. The molecule has 0 aliphatic rings. The maximum Gasteiger partial charge on any atom is 0.224 e. The molecule has 3 N–H and O–H groups in total. The first-order valence-electron chi connectivity index (χ1n) is 5.63. The Balaban J connectivity index is 2.54. The lowest BCUT2D eigenvalue weighted by Gasteiger charge is -2.17. The van der Waals surface area contributed by atoms with Crippen LogP contribution < -0.4 is 11.1 Å². The average Bonchev–Trinajstić information content (AvgIpc) is 2.20. The molecule has 4 heteroatoms. The Morgan fingerprint density at radius 2 is 2.12 bits per heavy atom. The van der Waals surface area contributed by atoms with Crippen molar-refractivity contribution in [3.8, 4) is 0 Å². The van der Waals surface area contributed by atoms with E-state index in [2.05, 4.69) is 5.32 Å². The van der Waals surface area contributed by atoms with Crippen LogP contribution in [0.2, 0.25) is 0 Å². The highest BCUT2D eigenvalue weighted by Crippen LogP contribution is 2.14. The van der Waals surface area contributed by atoms with Gasteiger partial charge in [-0.05, 0) is 44.9 Å². The second-order valence-corrected chi connectivity index (χ2v) is 5.00. The molecule has 0 atom stereocenters. The van der Waals surface area contributed by atoms with Gasteiger partial charge in [0, 0.05) is 17.6 Å².